The third-order valence-corrected chi connectivity index (χ3v) is 5.47. The van der Waals surface area contributed by atoms with Crippen LogP contribution in [0.15, 0.2) is 29.0 Å². The number of rotatable bonds is 1. The van der Waals surface area contributed by atoms with Gasteiger partial charge in [0.1, 0.15) is 6.07 Å². The average molecular weight is 247 g/mol. The number of hydrogen-bond donors (Lipinski definition) is 0. The maximum atomic E-state index is 9.19. The summed E-state index contributed by atoms with van der Waals surface area (Å²) in [6, 6.07) is 8.44. The van der Waals surface area contributed by atoms with Crippen molar-refractivity contribution in [2.45, 2.75) is 0 Å². The van der Waals surface area contributed by atoms with Gasteiger partial charge >= 0.3 is 0 Å². The third kappa shape index (κ3) is 1.32. The monoisotopic (exact) mass is 247 g/mol. The van der Waals surface area contributed by atoms with E-state index in [1.54, 1.807) is 34.0 Å². The molecule has 0 aromatic carbocycles. The number of fused-ring (bicyclic) bond motifs is 1. The van der Waals surface area contributed by atoms with Crippen LogP contribution >= 0.6 is 34.0 Å². The van der Waals surface area contributed by atoms with E-state index in [4.69, 9.17) is 0 Å². The van der Waals surface area contributed by atoms with E-state index in [9.17, 15) is 5.26 Å². The maximum Gasteiger partial charge on any atom is 0.101 e. The smallest absolute Gasteiger partial charge is 0.101 e. The lowest BCUT2D eigenvalue weighted by Crippen LogP contribution is -1.71. The Morgan fingerprint density at radius 1 is 1.13 bits per heavy atom. The second-order valence-electron chi connectivity index (χ2n) is 3.02. The van der Waals surface area contributed by atoms with Gasteiger partial charge in [0, 0.05) is 10.3 Å². The number of thiophene rings is 3. The van der Waals surface area contributed by atoms with Gasteiger partial charge in [0.25, 0.3) is 0 Å². The van der Waals surface area contributed by atoms with Gasteiger partial charge in [-0.05, 0) is 22.9 Å². The van der Waals surface area contributed by atoms with Crippen LogP contribution in [0.3, 0.4) is 0 Å². The molecule has 0 spiro atoms. The third-order valence-electron chi connectivity index (χ3n) is 2.18. The Morgan fingerprint density at radius 3 is 2.80 bits per heavy atom. The van der Waals surface area contributed by atoms with Gasteiger partial charge in [-0.15, -0.1) is 34.0 Å². The molecule has 0 amide bonds. The lowest BCUT2D eigenvalue weighted by Gasteiger charge is -1.90. The molecular formula is C11H5NS3. The van der Waals surface area contributed by atoms with Crippen molar-refractivity contribution < 1.29 is 0 Å². The normalized spacial score (nSPS) is 10.6. The van der Waals surface area contributed by atoms with Gasteiger partial charge < -0.3 is 0 Å². The molecule has 0 radical (unpaired) electrons. The molecule has 0 saturated heterocycles. The Morgan fingerprint density at radius 2 is 2.07 bits per heavy atom. The molecule has 3 aromatic rings. The summed E-state index contributed by atoms with van der Waals surface area (Å²) in [5.41, 5.74) is 0.832. The van der Waals surface area contributed by atoms with Crippen LogP contribution in [0.1, 0.15) is 5.56 Å². The molecule has 0 fully saturated rings. The van der Waals surface area contributed by atoms with Crippen LogP contribution in [-0.4, -0.2) is 0 Å². The molecule has 0 saturated carbocycles. The molecular weight excluding hydrogens is 242 g/mol. The molecule has 3 heterocycles. The van der Waals surface area contributed by atoms with Crippen LogP contribution in [0.2, 0.25) is 0 Å². The van der Waals surface area contributed by atoms with E-state index in [1.165, 1.54) is 8.89 Å². The Kier molecular flexibility index (Phi) is 2.10. The molecule has 0 aliphatic rings. The van der Waals surface area contributed by atoms with Crippen LogP contribution < -0.4 is 0 Å². The fourth-order valence-electron chi connectivity index (χ4n) is 1.52. The topological polar surface area (TPSA) is 23.8 Å². The minimum atomic E-state index is 0.832. The summed E-state index contributed by atoms with van der Waals surface area (Å²) in [5, 5.41) is 14.4. The zero-order valence-corrected chi connectivity index (χ0v) is 10.0. The first-order valence-corrected chi connectivity index (χ1v) is 6.91. The molecule has 4 heteroatoms. The Balaban J connectivity index is 2.36. The zero-order chi connectivity index (χ0) is 10.3. The van der Waals surface area contributed by atoms with Gasteiger partial charge in [0.2, 0.25) is 0 Å². The maximum absolute atomic E-state index is 9.19. The molecule has 15 heavy (non-hydrogen) atoms. The van der Waals surface area contributed by atoms with Gasteiger partial charge in [-0.1, -0.05) is 6.07 Å². The van der Waals surface area contributed by atoms with Crippen molar-refractivity contribution in [3.8, 4) is 15.8 Å². The molecule has 0 aliphatic heterocycles. The molecule has 0 aliphatic carbocycles. The summed E-state index contributed by atoms with van der Waals surface area (Å²) in [7, 11) is 0. The fourth-order valence-corrected chi connectivity index (χ4v) is 4.58. The molecule has 3 rings (SSSR count). The Hall–Kier alpha value is -1.15. The lowest BCUT2D eigenvalue weighted by atomic mass is 10.2. The average Bonchev–Trinajstić information content (AvgIpc) is 2.93. The van der Waals surface area contributed by atoms with Gasteiger partial charge in [-0.3, -0.25) is 0 Å². The van der Waals surface area contributed by atoms with Crippen molar-refractivity contribution in [1.82, 2.24) is 0 Å². The van der Waals surface area contributed by atoms with Crippen molar-refractivity contribution >= 4 is 43.4 Å². The molecule has 72 valence electrons. The lowest BCUT2D eigenvalue weighted by molar-refractivity contribution is 1.52. The highest BCUT2D eigenvalue weighted by molar-refractivity contribution is 7.40. The van der Waals surface area contributed by atoms with Crippen molar-refractivity contribution in [1.29, 1.82) is 5.26 Å². The second-order valence-corrected chi connectivity index (χ2v) is 6.16. The van der Waals surface area contributed by atoms with Crippen molar-refractivity contribution in [2.75, 3.05) is 0 Å². The van der Waals surface area contributed by atoms with Gasteiger partial charge in [-0.2, -0.15) is 5.26 Å². The first-order valence-electron chi connectivity index (χ1n) is 4.34. The van der Waals surface area contributed by atoms with Crippen LogP contribution in [0.4, 0.5) is 0 Å². The summed E-state index contributed by atoms with van der Waals surface area (Å²) in [6.07, 6.45) is 0. The number of nitriles is 1. The van der Waals surface area contributed by atoms with E-state index in [1.807, 2.05) is 22.9 Å². The van der Waals surface area contributed by atoms with Gasteiger partial charge in [0.05, 0.1) is 14.5 Å². The summed E-state index contributed by atoms with van der Waals surface area (Å²) in [5.74, 6) is 0. The van der Waals surface area contributed by atoms with Crippen LogP contribution in [0.25, 0.3) is 19.2 Å². The van der Waals surface area contributed by atoms with E-state index in [0.29, 0.717) is 0 Å². The molecule has 3 aromatic heterocycles. The minimum Gasteiger partial charge on any atom is -0.192 e. The summed E-state index contributed by atoms with van der Waals surface area (Å²) in [6.45, 7) is 0. The van der Waals surface area contributed by atoms with E-state index in [0.717, 1.165) is 15.8 Å². The van der Waals surface area contributed by atoms with E-state index < -0.39 is 0 Å². The quantitative estimate of drug-likeness (QED) is 0.618. The predicted octanol–water partition coefficient (Wildman–Crippen LogP) is 4.56. The minimum absolute atomic E-state index is 0.832. The zero-order valence-electron chi connectivity index (χ0n) is 7.56. The fraction of sp³-hybridized carbons (Fsp3) is 0. The largest absolute Gasteiger partial charge is 0.192 e. The van der Waals surface area contributed by atoms with Crippen LogP contribution in [0.5, 0.6) is 0 Å². The summed E-state index contributed by atoms with van der Waals surface area (Å²) < 4.78 is 1.25. The highest BCUT2D eigenvalue weighted by Gasteiger charge is 2.14. The Labute approximate surface area is 98.8 Å². The van der Waals surface area contributed by atoms with E-state index >= 15 is 0 Å². The summed E-state index contributed by atoms with van der Waals surface area (Å²) in [4.78, 5) is 2.31. The second kappa shape index (κ2) is 3.46. The first kappa shape index (κ1) is 9.10. The highest BCUT2D eigenvalue weighted by atomic mass is 32.2. The molecule has 0 bridgehead atoms. The molecule has 0 unspecified atom stereocenters. The van der Waals surface area contributed by atoms with Crippen LogP contribution in [-0.2, 0) is 0 Å². The molecule has 1 nitrogen and oxygen atoms in total. The van der Waals surface area contributed by atoms with Gasteiger partial charge in [0.15, 0.2) is 0 Å². The standard InChI is InChI=1S/C11H5NS3/c12-6-8-7-3-5-14-11(7)15-10(8)9-2-1-4-13-9/h1-5H. The molecule has 0 N–H and O–H groups in total. The Bertz CT molecular complexity index is 637. The SMILES string of the molecule is N#Cc1c(-c2cccs2)sc2sccc12. The predicted molar refractivity (Wildman–Crippen MR) is 67.7 cm³/mol. The highest BCUT2D eigenvalue weighted by Crippen LogP contribution is 2.42. The molecule has 0 atom stereocenters. The number of hydrogen-bond acceptors (Lipinski definition) is 4. The summed E-state index contributed by atoms with van der Waals surface area (Å²) >= 11 is 5.11. The van der Waals surface area contributed by atoms with Gasteiger partial charge in [-0.25, -0.2) is 0 Å². The van der Waals surface area contributed by atoms with Crippen molar-refractivity contribution in [3.63, 3.8) is 0 Å². The van der Waals surface area contributed by atoms with E-state index in [-0.39, 0.29) is 0 Å². The van der Waals surface area contributed by atoms with E-state index in [2.05, 4.69) is 12.1 Å². The van der Waals surface area contributed by atoms with Crippen molar-refractivity contribution in [2.24, 2.45) is 0 Å². The number of nitrogens with zero attached hydrogens (tertiary/aromatic N) is 1. The van der Waals surface area contributed by atoms with Crippen LogP contribution in [0, 0.1) is 11.3 Å². The van der Waals surface area contributed by atoms with Crippen molar-refractivity contribution in [3.05, 3.63) is 34.5 Å². The first-order chi connectivity index (χ1) is 7.40.